The number of fused-ring (bicyclic) bond motifs is 1. The lowest BCUT2D eigenvalue weighted by Crippen LogP contribution is -2.66. The van der Waals surface area contributed by atoms with Crippen LogP contribution in [0.1, 0.15) is 77.0 Å². The van der Waals surface area contributed by atoms with Crippen LogP contribution in [0, 0.1) is 23.7 Å². The molecule has 4 saturated carbocycles. The summed E-state index contributed by atoms with van der Waals surface area (Å²) < 4.78 is 64.0. The predicted molar refractivity (Wildman–Crippen MR) is 267 cm³/mol. The van der Waals surface area contributed by atoms with Gasteiger partial charge in [0, 0.05) is 45.1 Å². The largest absolute Gasteiger partial charge is 0.460 e. The minimum absolute atomic E-state index is 0.00556. The minimum Gasteiger partial charge on any atom is -0.460 e. The molecule has 0 bridgehead atoms. The van der Waals surface area contributed by atoms with Crippen LogP contribution in [-0.2, 0) is 57.0 Å². The Labute approximate surface area is 462 Å². The van der Waals surface area contributed by atoms with Crippen LogP contribution in [0.3, 0.4) is 0 Å². The zero-order chi connectivity index (χ0) is 57.7. The maximum Gasteiger partial charge on any atom is 0.330 e. The zero-order valence-corrected chi connectivity index (χ0v) is 44.8. The second-order valence-corrected chi connectivity index (χ2v) is 22.9. The molecule has 27 nitrogen and oxygen atoms in total. The van der Waals surface area contributed by atoms with Crippen LogP contribution in [0.2, 0.25) is 0 Å². The molecule has 30 atom stereocenters. The number of hydrogen-bond acceptors (Lipinski definition) is 26. The number of methoxy groups -OCH3 is 2. The highest BCUT2D eigenvalue weighted by Gasteiger charge is 2.58. The smallest absolute Gasteiger partial charge is 0.330 e. The van der Waals surface area contributed by atoms with Gasteiger partial charge in [0.05, 0.1) is 61.4 Å². The van der Waals surface area contributed by atoms with Crippen molar-refractivity contribution in [1.82, 2.24) is 0 Å². The quantitative estimate of drug-likeness (QED) is 0.0346. The Balaban J connectivity index is 1.04. The first-order chi connectivity index (χ1) is 38.2. The lowest BCUT2D eigenvalue weighted by Gasteiger charge is -2.50. The van der Waals surface area contributed by atoms with Crippen molar-refractivity contribution in [3.63, 3.8) is 0 Å². The first-order valence-corrected chi connectivity index (χ1v) is 28.0. The lowest BCUT2D eigenvalue weighted by molar-refractivity contribution is -0.390. The lowest BCUT2D eigenvalue weighted by atomic mass is 9.72. The Morgan fingerprint density at radius 1 is 0.487 bits per heavy atom. The number of esters is 2. The molecule has 27 heteroatoms. The summed E-state index contributed by atoms with van der Waals surface area (Å²) in [5.41, 5.74) is 0. The Hall–Kier alpha value is -2.50. The van der Waals surface area contributed by atoms with Gasteiger partial charge in [0.2, 0.25) is 0 Å². The van der Waals surface area contributed by atoms with E-state index in [-0.39, 0.29) is 43.9 Å². The van der Waals surface area contributed by atoms with E-state index in [9.17, 15) is 81.1 Å². The van der Waals surface area contributed by atoms with Gasteiger partial charge in [-0.05, 0) is 76.0 Å². The maximum absolute atomic E-state index is 13.2. The van der Waals surface area contributed by atoms with Gasteiger partial charge in [0.15, 0.2) is 31.1 Å². The molecule has 15 unspecified atom stereocenters. The van der Waals surface area contributed by atoms with Gasteiger partial charge in [-0.2, -0.15) is 0 Å². The molecule has 458 valence electrons. The Bertz CT molecular complexity index is 2020. The zero-order valence-electron chi connectivity index (χ0n) is 44.8. The molecule has 4 aliphatic heterocycles. The monoisotopic (exact) mass is 1150 g/mol. The summed E-state index contributed by atoms with van der Waals surface area (Å²) in [5.74, 6) is -3.08. The molecule has 4 aliphatic carbocycles. The standard InChI is InChI=1S/C53H84O27/c1-70-33-13-22(3-8-28(33)57)5-11-39(60)72-20-37-42(63)45(66)48(69)52(78-37)80-50-46(67)43(64)38(21-73-40(61)12-6-23-4-9-29(58)34(14-23)71-2)79-53(50)76-35-18-26-31(74-49(35)24-7-10-27(56)30(59)15-24)16-25(55)17-32(26)75-51-47(68)44(65)41(62)36(19-54)77-51/h5-6,11-12,22-38,41-59,62-69H,3-4,7-10,13-21H2,1-2H3/p+1/t22?,23?,24?,25?,26?,27?,28?,29?,30?,31?,32?,33?,34?,35?,36-,37-,38-,41-,42-,43-,44+,45+,46+,47-,48-,49?,50-,51-,52+,53-/m1/s1. The first-order valence-electron chi connectivity index (χ1n) is 28.0. The minimum atomic E-state index is -2.04. The fourth-order valence-electron chi connectivity index (χ4n) is 12.8. The van der Waals surface area contributed by atoms with Gasteiger partial charge < -0.3 is 124 Å². The fourth-order valence-corrected chi connectivity index (χ4v) is 12.8. The molecule has 8 rings (SSSR count). The molecule has 0 spiro atoms. The third-order valence-corrected chi connectivity index (χ3v) is 17.6. The Morgan fingerprint density at radius 3 is 1.54 bits per heavy atom. The van der Waals surface area contributed by atoms with E-state index in [1.165, 1.54) is 26.4 Å². The van der Waals surface area contributed by atoms with Crippen LogP contribution in [0.4, 0.5) is 0 Å². The van der Waals surface area contributed by atoms with E-state index >= 15 is 0 Å². The summed E-state index contributed by atoms with van der Waals surface area (Å²) in [6.45, 7) is -2.06. The van der Waals surface area contributed by atoms with Crippen molar-refractivity contribution in [3.8, 4) is 0 Å². The Kier molecular flexibility index (Phi) is 22.7. The molecule has 0 aromatic heterocycles. The van der Waals surface area contributed by atoms with Crippen LogP contribution >= 0.6 is 0 Å². The molecular weight excluding hydrogens is 1070 g/mol. The second-order valence-electron chi connectivity index (χ2n) is 22.9. The average molecular weight is 1150 g/mol. The molecule has 0 aromatic rings. The van der Waals surface area contributed by atoms with Gasteiger partial charge in [-0.1, -0.05) is 12.2 Å². The number of carbonyl (C=O) groups excluding carboxylic acids is 2. The van der Waals surface area contributed by atoms with Crippen molar-refractivity contribution >= 4 is 11.9 Å². The van der Waals surface area contributed by atoms with Crippen molar-refractivity contribution in [3.05, 3.63) is 24.3 Å². The molecule has 4 saturated heterocycles. The SMILES string of the molecule is COC1CC(C=CC(=O)OC[C@H]2O[C@@H](O[C@H]3[C@H](OC4CC5C(O[C@@H]6O[C@H](CO)[C@@H](O)[C@H](O)[C@H]6O)CC(O)CC5[OH+]C4C4CCC(O)C(O)C4)O[C@H](COC(=O)C=CC4CCC(O)C(OC)C4)[C@@H](O)[C@@H]3O)[C@H](O)[C@@H](O)[C@@H]2O)CCC1O. The number of hydrogen-bond donors (Lipinski definition) is 14. The summed E-state index contributed by atoms with van der Waals surface area (Å²) in [6, 6.07) is 0. The molecular formula is C53H85O27+. The number of rotatable bonds is 18. The Morgan fingerprint density at radius 2 is 0.988 bits per heavy atom. The highest BCUT2D eigenvalue weighted by molar-refractivity contribution is 5.82. The van der Waals surface area contributed by atoms with Crippen molar-refractivity contribution in [2.24, 2.45) is 23.7 Å². The van der Waals surface area contributed by atoms with E-state index in [1.807, 2.05) is 0 Å². The molecule has 0 amide bonds. The summed E-state index contributed by atoms with van der Waals surface area (Å²) in [5, 5.41) is 152. The third kappa shape index (κ3) is 15.1. The van der Waals surface area contributed by atoms with Gasteiger partial charge in [0.25, 0.3) is 0 Å². The van der Waals surface area contributed by atoms with Gasteiger partial charge >= 0.3 is 11.9 Å². The topological polar surface area (TPSA) is 422 Å². The van der Waals surface area contributed by atoms with Crippen molar-refractivity contribution in [1.29, 1.82) is 0 Å². The maximum atomic E-state index is 13.2. The molecule has 4 heterocycles. The summed E-state index contributed by atoms with van der Waals surface area (Å²) in [6.07, 6.45) is -26.4. The number of carbonyl (C=O) groups is 2. The second kappa shape index (κ2) is 28.6. The van der Waals surface area contributed by atoms with Gasteiger partial charge in [-0.15, -0.1) is 0 Å². The molecule has 8 aliphatic rings. The average Bonchev–Trinajstić information content (AvgIpc) is 3.44. The van der Waals surface area contributed by atoms with Crippen LogP contribution in [-0.4, -0.2) is 281 Å². The number of ether oxygens (including phenoxy) is 11. The number of allylic oxidation sites excluding steroid dienone is 2. The van der Waals surface area contributed by atoms with Crippen molar-refractivity contribution in [2.45, 2.75) is 236 Å². The molecule has 8 fully saturated rings. The summed E-state index contributed by atoms with van der Waals surface area (Å²) in [7, 11) is 2.96. The van der Waals surface area contributed by atoms with E-state index in [0.29, 0.717) is 44.9 Å². The van der Waals surface area contributed by atoms with Crippen LogP contribution in [0.15, 0.2) is 24.3 Å². The van der Waals surface area contributed by atoms with Crippen molar-refractivity contribution < 1.29 is 133 Å². The molecule has 15 N–H and O–H groups in total. The third-order valence-electron chi connectivity index (χ3n) is 17.6. The summed E-state index contributed by atoms with van der Waals surface area (Å²) >= 11 is 0. The number of aliphatic hydroxyl groups excluding tert-OH is 14. The normalized spacial score (nSPS) is 48.6. The van der Waals surface area contributed by atoms with E-state index < -0.39 is 203 Å². The van der Waals surface area contributed by atoms with E-state index in [2.05, 4.69) is 0 Å². The van der Waals surface area contributed by atoms with Crippen LogP contribution in [0.25, 0.3) is 0 Å². The fraction of sp³-hybridized carbons (Fsp3) is 0.887. The predicted octanol–water partition coefficient (Wildman–Crippen LogP) is -5.29. The molecule has 80 heavy (non-hydrogen) atoms. The summed E-state index contributed by atoms with van der Waals surface area (Å²) in [4.78, 5) is 26.1. The first kappa shape index (κ1) is 63.5. The molecule has 0 radical (unpaired) electrons. The van der Waals surface area contributed by atoms with E-state index in [0.717, 1.165) is 0 Å². The highest BCUT2D eigenvalue weighted by atomic mass is 16.8. The van der Waals surface area contributed by atoms with Gasteiger partial charge in [0.1, 0.15) is 92.6 Å². The van der Waals surface area contributed by atoms with Crippen molar-refractivity contribution in [2.75, 3.05) is 34.0 Å². The van der Waals surface area contributed by atoms with E-state index in [4.69, 9.17) is 52.1 Å². The van der Waals surface area contributed by atoms with Crippen LogP contribution < -0.4 is 0 Å². The van der Waals surface area contributed by atoms with Crippen LogP contribution in [0.5, 0.6) is 0 Å². The van der Waals surface area contributed by atoms with Gasteiger partial charge in [-0.25, -0.2) is 9.59 Å². The number of aliphatic hydroxyl groups is 16. The molecule has 0 aromatic carbocycles. The highest BCUT2D eigenvalue weighted by Crippen LogP contribution is 2.45. The van der Waals surface area contributed by atoms with E-state index in [1.54, 1.807) is 12.2 Å². The van der Waals surface area contributed by atoms with Gasteiger partial charge in [-0.3, -0.25) is 0 Å².